The van der Waals surface area contributed by atoms with Gasteiger partial charge in [-0.1, -0.05) is 13.0 Å². The van der Waals surface area contributed by atoms with Crippen molar-refractivity contribution in [1.82, 2.24) is 4.98 Å². The van der Waals surface area contributed by atoms with E-state index in [1.54, 1.807) is 6.07 Å². The maximum absolute atomic E-state index is 10.8. The number of nitrogens with two attached hydrogens (primary N) is 1. The molecule has 1 unspecified atom stereocenters. The van der Waals surface area contributed by atoms with Gasteiger partial charge in [0.05, 0.1) is 0 Å². The van der Waals surface area contributed by atoms with Crippen LogP contribution in [0.15, 0.2) is 23.0 Å². The molecule has 0 aliphatic rings. The maximum Gasteiger partial charge on any atom is 0.248 e. The normalized spacial score (nSPS) is 12.9. The van der Waals surface area contributed by atoms with E-state index in [1.165, 1.54) is 6.07 Å². The Morgan fingerprint density at radius 2 is 2.36 bits per heavy atom. The van der Waals surface area contributed by atoms with Crippen molar-refractivity contribution in [3.8, 4) is 0 Å². The van der Waals surface area contributed by atoms with Crippen LogP contribution in [0.5, 0.6) is 0 Å². The molecule has 0 spiro atoms. The maximum atomic E-state index is 10.8. The summed E-state index contributed by atoms with van der Waals surface area (Å²) >= 11 is 0. The molecule has 0 fully saturated rings. The van der Waals surface area contributed by atoms with Crippen molar-refractivity contribution in [3.05, 3.63) is 34.2 Å². The van der Waals surface area contributed by atoms with Gasteiger partial charge in [-0.15, -0.1) is 0 Å². The minimum Gasteiger partial charge on any atom is -0.330 e. The molecule has 0 aromatic carbocycles. The molecule has 3 heteroatoms. The lowest BCUT2D eigenvalue weighted by atomic mass is 10.1. The van der Waals surface area contributed by atoms with Crippen LogP contribution in [-0.2, 0) is 0 Å². The molecular weight excluding hydrogens is 140 g/mol. The number of nitrogens with one attached hydrogen (secondary N) is 1. The molecule has 1 aromatic heterocycles. The van der Waals surface area contributed by atoms with Crippen molar-refractivity contribution in [2.24, 2.45) is 5.73 Å². The second kappa shape index (κ2) is 3.34. The first-order valence-electron chi connectivity index (χ1n) is 3.63. The highest BCUT2D eigenvalue weighted by atomic mass is 16.1. The smallest absolute Gasteiger partial charge is 0.248 e. The Balaban J connectivity index is 2.96. The van der Waals surface area contributed by atoms with Gasteiger partial charge in [0.1, 0.15) is 0 Å². The molecule has 0 saturated carbocycles. The van der Waals surface area contributed by atoms with Crippen LogP contribution in [0, 0.1) is 0 Å². The summed E-state index contributed by atoms with van der Waals surface area (Å²) in [4.78, 5) is 13.5. The summed E-state index contributed by atoms with van der Waals surface area (Å²) < 4.78 is 0. The van der Waals surface area contributed by atoms with E-state index in [0.717, 1.165) is 5.69 Å². The molecule has 1 aromatic rings. The Morgan fingerprint density at radius 1 is 1.64 bits per heavy atom. The standard InChI is InChI=1S/C8H12N2O/c1-6(5-9)7-3-2-4-8(11)10-7/h2-4,6H,5,9H2,1H3,(H,10,11). The molecule has 0 aliphatic carbocycles. The molecule has 0 bridgehead atoms. The molecule has 11 heavy (non-hydrogen) atoms. The fourth-order valence-corrected chi connectivity index (χ4v) is 0.879. The zero-order chi connectivity index (χ0) is 8.27. The van der Waals surface area contributed by atoms with E-state index in [4.69, 9.17) is 5.73 Å². The largest absolute Gasteiger partial charge is 0.330 e. The van der Waals surface area contributed by atoms with Crippen LogP contribution in [0.1, 0.15) is 18.5 Å². The summed E-state index contributed by atoms with van der Waals surface area (Å²) in [6.07, 6.45) is 0. The summed E-state index contributed by atoms with van der Waals surface area (Å²) in [5.74, 6) is 0.226. The fraction of sp³-hybridized carbons (Fsp3) is 0.375. The molecular formula is C8H12N2O. The molecule has 3 N–H and O–H groups in total. The number of hydrogen-bond donors (Lipinski definition) is 2. The fourth-order valence-electron chi connectivity index (χ4n) is 0.879. The van der Waals surface area contributed by atoms with Crippen molar-refractivity contribution in [3.63, 3.8) is 0 Å². The molecule has 60 valence electrons. The zero-order valence-electron chi connectivity index (χ0n) is 6.50. The molecule has 3 nitrogen and oxygen atoms in total. The second-order valence-electron chi connectivity index (χ2n) is 2.61. The SMILES string of the molecule is CC(CN)c1cccc(=O)[nH]1. The average molecular weight is 152 g/mol. The first kappa shape index (κ1) is 8.01. The Bertz CT molecular complexity index is 279. The van der Waals surface area contributed by atoms with Crippen molar-refractivity contribution in [1.29, 1.82) is 0 Å². The van der Waals surface area contributed by atoms with Crippen molar-refractivity contribution < 1.29 is 0 Å². The summed E-state index contributed by atoms with van der Waals surface area (Å²) in [6, 6.07) is 5.10. The molecule has 0 saturated heterocycles. The summed E-state index contributed by atoms with van der Waals surface area (Å²) in [5.41, 5.74) is 6.27. The van der Waals surface area contributed by atoms with E-state index < -0.39 is 0 Å². The van der Waals surface area contributed by atoms with E-state index in [-0.39, 0.29) is 11.5 Å². The molecule has 0 aliphatic heterocycles. The van der Waals surface area contributed by atoms with Crippen LogP contribution in [0.25, 0.3) is 0 Å². The average Bonchev–Trinajstić information content (AvgIpc) is 2.03. The van der Waals surface area contributed by atoms with E-state index in [9.17, 15) is 4.79 Å². The van der Waals surface area contributed by atoms with Crippen LogP contribution in [0.4, 0.5) is 0 Å². The van der Waals surface area contributed by atoms with Crippen LogP contribution < -0.4 is 11.3 Å². The van der Waals surface area contributed by atoms with Gasteiger partial charge in [0.15, 0.2) is 0 Å². The number of aromatic amines is 1. The van der Waals surface area contributed by atoms with Crippen LogP contribution in [-0.4, -0.2) is 11.5 Å². The van der Waals surface area contributed by atoms with Crippen molar-refractivity contribution >= 4 is 0 Å². The first-order chi connectivity index (χ1) is 5.24. The summed E-state index contributed by atoms with van der Waals surface area (Å²) in [7, 11) is 0. The van der Waals surface area contributed by atoms with Gasteiger partial charge in [-0.3, -0.25) is 4.79 Å². The van der Waals surface area contributed by atoms with Crippen molar-refractivity contribution in [2.75, 3.05) is 6.54 Å². The lowest BCUT2D eigenvalue weighted by molar-refractivity contribution is 0.741. The predicted octanol–water partition coefficient (Wildman–Crippen LogP) is 0.437. The molecule has 1 heterocycles. The van der Waals surface area contributed by atoms with Gasteiger partial charge in [0.2, 0.25) is 5.56 Å². The lowest BCUT2D eigenvalue weighted by Crippen LogP contribution is -2.14. The number of aromatic nitrogens is 1. The highest BCUT2D eigenvalue weighted by molar-refractivity contribution is 5.08. The van der Waals surface area contributed by atoms with E-state index in [0.29, 0.717) is 6.54 Å². The lowest BCUT2D eigenvalue weighted by Gasteiger charge is -2.06. The van der Waals surface area contributed by atoms with Gasteiger partial charge < -0.3 is 10.7 Å². The predicted molar refractivity (Wildman–Crippen MR) is 44.5 cm³/mol. The van der Waals surface area contributed by atoms with Gasteiger partial charge in [0, 0.05) is 24.2 Å². The molecule has 1 rings (SSSR count). The number of rotatable bonds is 2. The van der Waals surface area contributed by atoms with E-state index in [2.05, 4.69) is 4.98 Å². The second-order valence-corrected chi connectivity index (χ2v) is 2.61. The molecule has 0 amide bonds. The van der Waals surface area contributed by atoms with Gasteiger partial charge in [0.25, 0.3) is 0 Å². The molecule has 0 radical (unpaired) electrons. The third-order valence-corrected chi connectivity index (χ3v) is 1.68. The summed E-state index contributed by atoms with van der Waals surface area (Å²) in [5, 5.41) is 0. The minimum atomic E-state index is -0.0669. The quantitative estimate of drug-likeness (QED) is 0.646. The highest BCUT2D eigenvalue weighted by Crippen LogP contribution is 2.06. The van der Waals surface area contributed by atoms with Gasteiger partial charge >= 0.3 is 0 Å². The molecule has 1 atom stereocenters. The van der Waals surface area contributed by atoms with Crippen LogP contribution >= 0.6 is 0 Å². The Hall–Kier alpha value is -1.09. The minimum absolute atomic E-state index is 0.0669. The van der Waals surface area contributed by atoms with Crippen LogP contribution in [0.2, 0.25) is 0 Å². The third-order valence-electron chi connectivity index (χ3n) is 1.68. The summed E-state index contributed by atoms with van der Waals surface area (Å²) in [6.45, 7) is 2.53. The Kier molecular flexibility index (Phi) is 2.44. The monoisotopic (exact) mass is 152 g/mol. The number of H-pyrrole nitrogens is 1. The van der Waals surface area contributed by atoms with Gasteiger partial charge in [-0.05, 0) is 6.07 Å². The van der Waals surface area contributed by atoms with Gasteiger partial charge in [-0.25, -0.2) is 0 Å². The number of pyridine rings is 1. The third kappa shape index (κ3) is 1.91. The van der Waals surface area contributed by atoms with Gasteiger partial charge in [-0.2, -0.15) is 0 Å². The van der Waals surface area contributed by atoms with Crippen LogP contribution in [0.3, 0.4) is 0 Å². The van der Waals surface area contributed by atoms with Crippen molar-refractivity contribution in [2.45, 2.75) is 12.8 Å². The number of hydrogen-bond acceptors (Lipinski definition) is 2. The zero-order valence-corrected chi connectivity index (χ0v) is 6.50. The highest BCUT2D eigenvalue weighted by Gasteiger charge is 2.01. The first-order valence-corrected chi connectivity index (χ1v) is 3.63. The Labute approximate surface area is 65.2 Å². The Morgan fingerprint density at radius 3 is 2.91 bits per heavy atom. The van der Waals surface area contributed by atoms with E-state index in [1.807, 2.05) is 13.0 Å². The topological polar surface area (TPSA) is 58.9 Å². The van der Waals surface area contributed by atoms with E-state index >= 15 is 0 Å².